The van der Waals surface area contributed by atoms with Crippen LogP contribution in [0.4, 0.5) is 10.1 Å². The lowest BCUT2D eigenvalue weighted by atomic mass is 9.79. The highest BCUT2D eigenvalue weighted by Crippen LogP contribution is 2.43. The first kappa shape index (κ1) is 24.0. The molecule has 7 heteroatoms. The van der Waals surface area contributed by atoms with Gasteiger partial charge in [-0.15, -0.1) is 10.4 Å². The molecule has 0 radical (unpaired) electrons. The molecule has 0 aliphatic heterocycles. The van der Waals surface area contributed by atoms with Gasteiger partial charge in [0.05, 0.1) is 22.2 Å². The first-order chi connectivity index (χ1) is 15.3. The fourth-order valence-electron chi connectivity index (χ4n) is 3.58. The average Bonchev–Trinajstić information content (AvgIpc) is 2.74. The normalized spacial score (nSPS) is 15.6. The number of quaternary nitrogens is 1. The Morgan fingerprint density at radius 2 is 1.94 bits per heavy atom. The van der Waals surface area contributed by atoms with E-state index in [1.807, 2.05) is 19.9 Å². The van der Waals surface area contributed by atoms with Crippen LogP contribution >= 0.6 is 11.8 Å². The third-order valence-corrected chi connectivity index (χ3v) is 7.27. The molecular weight excluding hydrogens is 425 g/mol. The van der Waals surface area contributed by atoms with Crippen molar-refractivity contribution in [2.75, 3.05) is 5.43 Å². The molecule has 0 heterocycles. The third-order valence-electron chi connectivity index (χ3n) is 5.79. The summed E-state index contributed by atoms with van der Waals surface area (Å²) in [4.78, 5) is -0.693. The van der Waals surface area contributed by atoms with Crippen molar-refractivity contribution < 1.29 is 19.7 Å². The minimum Gasteiger partial charge on any atom is -0.207 e. The number of thioether (sulfide) groups is 1. The van der Waals surface area contributed by atoms with Crippen molar-refractivity contribution in [2.45, 2.75) is 52.4 Å². The monoisotopic (exact) mass is 454 g/mol. The highest BCUT2D eigenvalue weighted by Gasteiger charge is 2.35. The molecule has 1 aliphatic rings. The Morgan fingerprint density at radius 1 is 1.25 bits per heavy atom. The Balaban J connectivity index is 1.91. The molecule has 0 aromatic heterocycles. The van der Waals surface area contributed by atoms with Gasteiger partial charge in [0.25, 0.3) is 5.03 Å². The summed E-state index contributed by atoms with van der Waals surface area (Å²) in [6.45, 7) is 5.73. The Bertz CT molecular complexity index is 1070. The van der Waals surface area contributed by atoms with E-state index in [1.54, 1.807) is 37.3 Å². The lowest BCUT2D eigenvalue weighted by Crippen LogP contribution is -2.45. The molecule has 3 rings (SSSR count). The van der Waals surface area contributed by atoms with Crippen molar-refractivity contribution in [3.63, 3.8) is 0 Å². The van der Waals surface area contributed by atoms with Crippen LogP contribution in [0.2, 0.25) is 0 Å². The smallest absolute Gasteiger partial charge is 0.207 e. The zero-order chi connectivity index (χ0) is 23.3. The second-order valence-corrected chi connectivity index (χ2v) is 8.98. The SMILES string of the molecule is C/C=C(\SC(=C(C)CC)c1ccc(F)cc1)[N+](O)(O)Nc1ccc(C#N)cc1C1CCC1. The van der Waals surface area contributed by atoms with Gasteiger partial charge in [-0.2, -0.15) is 10.7 Å². The first-order valence-corrected chi connectivity index (χ1v) is 11.6. The van der Waals surface area contributed by atoms with Crippen LogP contribution in [0.25, 0.3) is 4.91 Å². The lowest BCUT2D eigenvalue weighted by Gasteiger charge is -2.30. The second kappa shape index (κ2) is 10.3. The van der Waals surface area contributed by atoms with Crippen LogP contribution in [0.5, 0.6) is 0 Å². The lowest BCUT2D eigenvalue weighted by molar-refractivity contribution is -1.20. The predicted octanol–water partition coefficient (Wildman–Crippen LogP) is 7.32. The molecule has 1 aliphatic carbocycles. The van der Waals surface area contributed by atoms with Gasteiger partial charge in [0.15, 0.2) is 0 Å². The van der Waals surface area contributed by atoms with Crippen molar-refractivity contribution in [3.05, 3.63) is 81.7 Å². The molecule has 0 unspecified atom stereocenters. The maximum atomic E-state index is 13.4. The molecule has 32 heavy (non-hydrogen) atoms. The third kappa shape index (κ3) is 5.40. The molecule has 0 spiro atoms. The molecule has 168 valence electrons. The van der Waals surface area contributed by atoms with E-state index < -0.39 is 4.92 Å². The minimum absolute atomic E-state index is 0.251. The number of benzene rings is 2. The molecule has 2 aromatic rings. The quantitative estimate of drug-likeness (QED) is 0.288. The maximum absolute atomic E-state index is 13.4. The number of halogens is 1. The number of hydroxylamine groups is 2. The standard InChI is InChI=1S/C25H29FN3O2S/c1-4-17(3)25(20-10-12-21(26)13-11-20)32-24(5-2)29(30,31)28-23-14-9-18(16-27)15-22(23)19-7-6-8-19/h5,9-15,19,28,30-31H,4,6-8H2,1-3H3/q+1/b24-5-,25-17?. The van der Waals surface area contributed by atoms with Crippen molar-refractivity contribution in [3.8, 4) is 6.07 Å². The van der Waals surface area contributed by atoms with Crippen LogP contribution in [-0.4, -0.2) is 15.3 Å². The number of anilines is 1. The van der Waals surface area contributed by atoms with Gasteiger partial charge in [-0.3, -0.25) is 0 Å². The van der Waals surface area contributed by atoms with E-state index in [4.69, 9.17) is 0 Å². The molecule has 1 fully saturated rings. The highest BCUT2D eigenvalue weighted by molar-refractivity contribution is 8.11. The van der Waals surface area contributed by atoms with Gasteiger partial charge in [0.2, 0.25) is 0 Å². The summed E-state index contributed by atoms with van der Waals surface area (Å²) >= 11 is 1.22. The van der Waals surface area contributed by atoms with Crippen molar-refractivity contribution in [1.82, 2.24) is 0 Å². The first-order valence-electron chi connectivity index (χ1n) is 10.8. The van der Waals surface area contributed by atoms with E-state index in [1.165, 1.54) is 23.9 Å². The summed E-state index contributed by atoms with van der Waals surface area (Å²) in [6, 6.07) is 13.5. The predicted molar refractivity (Wildman–Crippen MR) is 126 cm³/mol. The van der Waals surface area contributed by atoms with Crippen LogP contribution < -0.4 is 5.43 Å². The Kier molecular flexibility index (Phi) is 7.75. The van der Waals surface area contributed by atoms with Crippen molar-refractivity contribution in [1.29, 1.82) is 5.26 Å². The molecule has 5 nitrogen and oxygen atoms in total. The van der Waals surface area contributed by atoms with Gasteiger partial charge < -0.3 is 0 Å². The van der Waals surface area contributed by atoms with E-state index in [0.717, 1.165) is 47.3 Å². The Hall–Kier alpha value is -2.63. The number of rotatable bonds is 8. The summed E-state index contributed by atoms with van der Waals surface area (Å²) in [5.74, 6) is -0.0246. The molecule has 3 N–H and O–H groups in total. The fraction of sp³-hybridized carbons (Fsp3) is 0.320. The summed E-state index contributed by atoms with van der Waals surface area (Å²) in [5.41, 5.74) is 6.74. The fourth-order valence-corrected chi connectivity index (χ4v) is 4.65. The highest BCUT2D eigenvalue weighted by atomic mass is 32.2. The van der Waals surface area contributed by atoms with Crippen LogP contribution in [-0.2, 0) is 0 Å². The summed E-state index contributed by atoms with van der Waals surface area (Å²) in [7, 11) is 0. The number of allylic oxidation sites excluding steroid dienone is 2. The molecule has 0 atom stereocenters. The van der Waals surface area contributed by atoms with Gasteiger partial charge >= 0.3 is 0 Å². The van der Waals surface area contributed by atoms with Gasteiger partial charge in [-0.25, -0.2) is 4.39 Å². The molecule has 0 saturated heterocycles. The molecular formula is C25H29FN3O2S+. The van der Waals surface area contributed by atoms with Crippen molar-refractivity contribution in [2.24, 2.45) is 0 Å². The average molecular weight is 455 g/mol. The van der Waals surface area contributed by atoms with Crippen LogP contribution in [0, 0.1) is 17.1 Å². The largest absolute Gasteiger partial charge is 0.262 e. The van der Waals surface area contributed by atoms with E-state index in [9.17, 15) is 20.1 Å². The molecule has 1 saturated carbocycles. The number of nitrogens with zero attached hydrogens (tertiary/aromatic N) is 2. The van der Waals surface area contributed by atoms with E-state index in [2.05, 4.69) is 11.5 Å². The number of nitrogens with one attached hydrogen (secondary N) is 1. The van der Waals surface area contributed by atoms with Gasteiger partial charge in [0, 0.05) is 4.91 Å². The Labute approximate surface area is 193 Å². The molecule has 0 bridgehead atoms. The number of hydrogen-bond acceptors (Lipinski definition) is 5. The van der Waals surface area contributed by atoms with Gasteiger partial charge in [-0.05, 0) is 98.3 Å². The number of nitriles is 1. The maximum Gasteiger partial charge on any atom is 0.262 e. The summed E-state index contributed by atoms with van der Waals surface area (Å²) in [5, 5.41) is 31.5. The summed E-state index contributed by atoms with van der Waals surface area (Å²) in [6.07, 6.45) is 5.55. The molecule has 0 amide bonds. The van der Waals surface area contributed by atoms with E-state index >= 15 is 0 Å². The van der Waals surface area contributed by atoms with E-state index in [0.29, 0.717) is 17.2 Å². The number of hydrogen-bond donors (Lipinski definition) is 3. The Morgan fingerprint density at radius 3 is 2.47 bits per heavy atom. The zero-order valence-electron chi connectivity index (χ0n) is 18.6. The second-order valence-electron chi connectivity index (χ2n) is 7.95. The van der Waals surface area contributed by atoms with E-state index in [-0.39, 0.29) is 10.8 Å². The van der Waals surface area contributed by atoms with Gasteiger partial charge in [0.1, 0.15) is 5.82 Å². The summed E-state index contributed by atoms with van der Waals surface area (Å²) < 4.78 is 13.4. The van der Waals surface area contributed by atoms with Crippen LogP contribution in [0.3, 0.4) is 0 Å². The van der Waals surface area contributed by atoms with Crippen LogP contribution in [0.1, 0.15) is 69.1 Å². The zero-order valence-corrected chi connectivity index (χ0v) is 19.4. The minimum atomic E-state index is -1.53. The molecule has 2 aromatic carbocycles. The van der Waals surface area contributed by atoms with Crippen molar-refractivity contribution >= 4 is 22.4 Å². The van der Waals surface area contributed by atoms with Gasteiger partial charge in [-0.1, -0.05) is 31.1 Å². The van der Waals surface area contributed by atoms with Crippen LogP contribution in [0.15, 0.2) is 59.1 Å². The topological polar surface area (TPSA) is 76.3 Å².